The Kier molecular flexibility index (Phi) is 6.53. The van der Waals surface area contributed by atoms with Crippen molar-refractivity contribution in [2.75, 3.05) is 43.1 Å². The average molecular weight is 546 g/mol. The molecule has 1 saturated carbocycles. The lowest BCUT2D eigenvalue weighted by Crippen LogP contribution is -2.48. The standard InChI is InChI=1S/C30H35N5O5/c1-16-11-20(18(3)31-24-8-6-5-7-19(24)29(38)39)26-21(12-16)27(36)33(4)30(32-26)34-13-22-23(14-34)25(22)28(37)35-9-10-40-15-17(35)2/h5-8,11-12,17-18,22-23,25,31H,9-10,13-15H2,1-4H3,(H,38,39)/t17-,18?,22-,23+,25-/m0/s1. The number of para-hydroxylation sites is 1. The third kappa shape index (κ3) is 4.40. The van der Waals surface area contributed by atoms with Crippen LogP contribution in [0.2, 0.25) is 0 Å². The molecule has 2 aliphatic heterocycles. The molecule has 3 fully saturated rings. The SMILES string of the molecule is Cc1cc(C(C)Nc2ccccc2C(=O)O)c2nc(N3C[C@@H]4[C@H](C3)[C@@H]4C(=O)N3CCOC[C@@H]3C)n(C)c(=O)c2c1. The maximum atomic E-state index is 13.6. The lowest BCUT2D eigenvalue weighted by Gasteiger charge is -2.34. The van der Waals surface area contributed by atoms with Crippen LogP contribution in [0.4, 0.5) is 11.6 Å². The summed E-state index contributed by atoms with van der Waals surface area (Å²) in [6, 6.07) is 10.4. The van der Waals surface area contributed by atoms with Crippen molar-refractivity contribution in [3.05, 3.63) is 63.4 Å². The van der Waals surface area contributed by atoms with E-state index in [9.17, 15) is 19.5 Å². The van der Waals surface area contributed by atoms with Crippen molar-refractivity contribution < 1.29 is 19.4 Å². The van der Waals surface area contributed by atoms with Gasteiger partial charge in [-0.1, -0.05) is 18.2 Å². The van der Waals surface area contributed by atoms with Gasteiger partial charge in [0.2, 0.25) is 11.9 Å². The zero-order chi connectivity index (χ0) is 28.3. The molecule has 1 amide bonds. The first kappa shape index (κ1) is 26.3. The highest BCUT2D eigenvalue weighted by Gasteiger charge is 2.61. The Morgan fingerprint density at radius 2 is 1.90 bits per heavy atom. The van der Waals surface area contributed by atoms with Gasteiger partial charge in [-0.2, -0.15) is 0 Å². The summed E-state index contributed by atoms with van der Waals surface area (Å²) in [5, 5.41) is 13.5. The molecule has 1 aliphatic carbocycles. The highest BCUT2D eigenvalue weighted by atomic mass is 16.5. The van der Waals surface area contributed by atoms with Gasteiger partial charge >= 0.3 is 5.97 Å². The number of ether oxygens (including phenoxy) is 1. The summed E-state index contributed by atoms with van der Waals surface area (Å²) in [7, 11) is 1.75. The van der Waals surface area contributed by atoms with Crippen LogP contribution in [0.3, 0.4) is 0 Å². The summed E-state index contributed by atoms with van der Waals surface area (Å²) >= 11 is 0. The molecular formula is C30H35N5O5. The lowest BCUT2D eigenvalue weighted by atomic mass is 10.0. The Hall–Kier alpha value is -3.92. The summed E-state index contributed by atoms with van der Waals surface area (Å²) in [6.07, 6.45) is 0. The molecule has 5 atom stereocenters. The van der Waals surface area contributed by atoms with E-state index in [1.54, 1.807) is 35.9 Å². The Morgan fingerprint density at radius 1 is 1.18 bits per heavy atom. The van der Waals surface area contributed by atoms with Crippen LogP contribution in [0, 0.1) is 24.7 Å². The number of aromatic nitrogens is 2. The predicted octanol–water partition coefficient (Wildman–Crippen LogP) is 3.04. The van der Waals surface area contributed by atoms with Crippen LogP contribution in [0.15, 0.2) is 41.2 Å². The largest absolute Gasteiger partial charge is 0.478 e. The van der Waals surface area contributed by atoms with Gasteiger partial charge in [0.15, 0.2) is 0 Å². The number of hydrogen-bond donors (Lipinski definition) is 2. The van der Waals surface area contributed by atoms with Gasteiger partial charge in [-0.25, -0.2) is 9.78 Å². The minimum Gasteiger partial charge on any atom is -0.478 e. The van der Waals surface area contributed by atoms with E-state index < -0.39 is 5.97 Å². The number of carboxylic acid groups (broad SMARTS) is 1. The molecule has 6 rings (SSSR count). The fourth-order valence-corrected chi connectivity index (χ4v) is 6.56. The molecule has 2 saturated heterocycles. The van der Waals surface area contributed by atoms with Gasteiger partial charge in [0.25, 0.3) is 5.56 Å². The lowest BCUT2D eigenvalue weighted by molar-refractivity contribution is -0.141. The molecule has 10 nitrogen and oxygen atoms in total. The smallest absolute Gasteiger partial charge is 0.337 e. The van der Waals surface area contributed by atoms with Gasteiger partial charge in [0.1, 0.15) is 0 Å². The highest BCUT2D eigenvalue weighted by molar-refractivity contribution is 5.94. The van der Waals surface area contributed by atoms with Crippen LogP contribution < -0.4 is 15.8 Å². The normalized spacial score (nSPS) is 24.6. The molecule has 1 aromatic heterocycles. The van der Waals surface area contributed by atoms with Crippen LogP contribution in [0.5, 0.6) is 0 Å². The third-order valence-corrected chi connectivity index (χ3v) is 8.74. The summed E-state index contributed by atoms with van der Waals surface area (Å²) in [4.78, 5) is 47.7. The van der Waals surface area contributed by atoms with Crippen LogP contribution in [0.25, 0.3) is 10.9 Å². The van der Waals surface area contributed by atoms with Crippen molar-refractivity contribution in [2.45, 2.75) is 32.9 Å². The fraction of sp³-hybridized carbons (Fsp3) is 0.467. The van der Waals surface area contributed by atoms with Crippen LogP contribution >= 0.6 is 0 Å². The Bertz CT molecular complexity index is 1560. The Balaban J connectivity index is 1.28. The minimum absolute atomic E-state index is 0.0334. The molecule has 0 bridgehead atoms. The first-order valence-corrected chi connectivity index (χ1v) is 13.9. The number of hydrogen-bond acceptors (Lipinski definition) is 7. The second kappa shape index (κ2) is 9.92. The number of piperidine rings is 1. The minimum atomic E-state index is -1.01. The predicted molar refractivity (Wildman–Crippen MR) is 152 cm³/mol. The molecule has 40 heavy (non-hydrogen) atoms. The van der Waals surface area contributed by atoms with Crippen molar-refractivity contribution in [3.8, 4) is 0 Å². The summed E-state index contributed by atoms with van der Waals surface area (Å²) in [6.45, 7) is 9.11. The monoisotopic (exact) mass is 545 g/mol. The number of amides is 1. The quantitative estimate of drug-likeness (QED) is 0.486. The average Bonchev–Trinajstić information content (AvgIpc) is 3.43. The highest BCUT2D eigenvalue weighted by Crippen LogP contribution is 2.53. The molecule has 3 aromatic rings. The van der Waals surface area contributed by atoms with Gasteiger partial charge in [-0.3, -0.25) is 14.2 Å². The van der Waals surface area contributed by atoms with Gasteiger partial charge in [-0.15, -0.1) is 0 Å². The number of nitrogens with zero attached hydrogens (tertiary/aromatic N) is 4. The number of nitrogens with one attached hydrogen (secondary N) is 1. The Labute approximate surface area is 232 Å². The molecule has 2 aromatic carbocycles. The molecule has 10 heteroatoms. The van der Waals surface area contributed by atoms with E-state index in [2.05, 4.69) is 10.2 Å². The number of benzene rings is 2. The van der Waals surface area contributed by atoms with Gasteiger partial charge in [-0.05, 0) is 56.4 Å². The van der Waals surface area contributed by atoms with Crippen LogP contribution in [-0.2, 0) is 16.6 Å². The molecule has 2 N–H and O–H groups in total. The molecule has 3 aliphatic rings. The zero-order valence-corrected chi connectivity index (χ0v) is 23.3. The molecule has 210 valence electrons. The van der Waals surface area contributed by atoms with E-state index in [1.807, 2.05) is 37.8 Å². The van der Waals surface area contributed by atoms with E-state index >= 15 is 0 Å². The van der Waals surface area contributed by atoms with Crippen molar-refractivity contribution >= 4 is 34.4 Å². The number of fused-ring (bicyclic) bond motifs is 2. The van der Waals surface area contributed by atoms with Crippen molar-refractivity contribution in [1.29, 1.82) is 0 Å². The van der Waals surface area contributed by atoms with E-state index in [1.165, 1.54) is 0 Å². The number of aryl methyl sites for hydroxylation is 1. The van der Waals surface area contributed by atoms with Gasteiger partial charge in [0, 0.05) is 43.9 Å². The summed E-state index contributed by atoms with van der Waals surface area (Å²) in [5.41, 5.74) is 2.92. The first-order chi connectivity index (χ1) is 19.2. The molecule has 1 unspecified atom stereocenters. The summed E-state index contributed by atoms with van der Waals surface area (Å²) < 4.78 is 7.11. The molecule has 0 spiro atoms. The maximum absolute atomic E-state index is 13.6. The van der Waals surface area contributed by atoms with Crippen LogP contribution in [-0.4, -0.2) is 70.3 Å². The fourth-order valence-electron chi connectivity index (χ4n) is 6.56. The number of anilines is 2. The number of morpholine rings is 1. The summed E-state index contributed by atoms with van der Waals surface area (Å²) in [5.74, 6) is 0.377. The zero-order valence-electron chi connectivity index (χ0n) is 23.3. The third-order valence-electron chi connectivity index (χ3n) is 8.74. The topological polar surface area (TPSA) is 117 Å². The first-order valence-electron chi connectivity index (χ1n) is 13.9. The van der Waals surface area contributed by atoms with Gasteiger partial charge < -0.3 is 25.0 Å². The second-order valence-corrected chi connectivity index (χ2v) is 11.5. The number of carbonyl (C=O) groups is 2. The number of carboxylic acids is 1. The molecule has 0 radical (unpaired) electrons. The Morgan fingerprint density at radius 3 is 2.60 bits per heavy atom. The van der Waals surface area contributed by atoms with E-state index in [-0.39, 0.29) is 46.9 Å². The van der Waals surface area contributed by atoms with Crippen LogP contribution in [0.1, 0.15) is 41.4 Å². The molecular weight excluding hydrogens is 510 g/mol. The van der Waals surface area contributed by atoms with Gasteiger partial charge in [0.05, 0.1) is 41.8 Å². The molecule has 3 heterocycles. The number of aromatic carboxylic acids is 1. The number of carbonyl (C=O) groups excluding carboxylic acids is 1. The van der Waals surface area contributed by atoms with E-state index in [0.717, 1.165) is 11.1 Å². The van der Waals surface area contributed by atoms with E-state index in [0.29, 0.717) is 55.4 Å². The van der Waals surface area contributed by atoms with E-state index in [4.69, 9.17) is 9.72 Å². The number of rotatable bonds is 6. The van der Waals surface area contributed by atoms with Crippen molar-refractivity contribution in [2.24, 2.45) is 24.8 Å². The maximum Gasteiger partial charge on any atom is 0.337 e. The van der Waals surface area contributed by atoms with Crippen molar-refractivity contribution in [1.82, 2.24) is 14.5 Å². The van der Waals surface area contributed by atoms with Crippen molar-refractivity contribution in [3.63, 3.8) is 0 Å². The second-order valence-electron chi connectivity index (χ2n) is 11.5.